The first-order chi connectivity index (χ1) is 9.70. The summed E-state index contributed by atoms with van der Waals surface area (Å²) in [5.41, 5.74) is 1.07. The Morgan fingerprint density at radius 2 is 2.05 bits per heavy atom. The van der Waals surface area contributed by atoms with Gasteiger partial charge in [-0.3, -0.25) is 0 Å². The van der Waals surface area contributed by atoms with Crippen LogP contribution in [0.4, 0.5) is 0 Å². The van der Waals surface area contributed by atoms with E-state index < -0.39 is 0 Å². The topological polar surface area (TPSA) is 30.5 Å². The van der Waals surface area contributed by atoms with E-state index in [1.807, 2.05) is 25.1 Å². The molecule has 1 heterocycles. The molecule has 2 unspecified atom stereocenters. The minimum atomic E-state index is 0.219. The third-order valence-corrected chi connectivity index (χ3v) is 4.20. The molecular formula is C16H22ClNO2. The second-order valence-electron chi connectivity index (χ2n) is 5.86. The molecular weight excluding hydrogens is 274 g/mol. The normalized spacial score (nSPS) is 25.9. The van der Waals surface area contributed by atoms with E-state index in [0.29, 0.717) is 12.7 Å². The van der Waals surface area contributed by atoms with Crippen LogP contribution in [-0.4, -0.2) is 31.4 Å². The van der Waals surface area contributed by atoms with Gasteiger partial charge in [-0.1, -0.05) is 11.6 Å². The fourth-order valence-corrected chi connectivity index (χ4v) is 2.82. The molecule has 110 valence electrons. The summed E-state index contributed by atoms with van der Waals surface area (Å²) in [6, 6.07) is 6.47. The summed E-state index contributed by atoms with van der Waals surface area (Å²) in [5, 5.41) is 4.28. The number of ether oxygens (including phenoxy) is 2. The van der Waals surface area contributed by atoms with Crippen molar-refractivity contribution in [1.82, 2.24) is 5.32 Å². The van der Waals surface area contributed by atoms with Gasteiger partial charge in [0.15, 0.2) is 0 Å². The molecule has 20 heavy (non-hydrogen) atoms. The van der Waals surface area contributed by atoms with Gasteiger partial charge in [-0.2, -0.15) is 0 Å². The second kappa shape index (κ2) is 6.33. The summed E-state index contributed by atoms with van der Waals surface area (Å²) in [7, 11) is 0. The van der Waals surface area contributed by atoms with Gasteiger partial charge in [0, 0.05) is 17.6 Å². The van der Waals surface area contributed by atoms with Crippen molar-refractivity contribution in [1.29, 1.82) is 0 Å². The van der Waals surface area contributed by atoms with Crippen molar-refractivity contribution in [2.75, 3.05) is 13.2 Å². The number of nitrogens with one attached hydrogen (secondary N) is 1. The minimum absolute atomic E-state index is 0.219. The fraction of sp³-hybridized carbons (Fsp3) is 0.625. The highest BCUT2D eigenvalue weighted by atomic mass is 35.5. The SMILES string of the molecule is Cc1cc(Cl)ccc1OCC1CCC(CNC2CC2)O1. The molecule has 1 aromatic carbocycles. The molecule has 2 atom stereocenters. The van der Waals surface area contributed by atoms with Crippen molar-refractivity contribution in [3.63, 3.8) is 0 Å². The van der Waals surface area contributed by atoms with Gasteiger partial charge in [0.2, 0.25) is 0 Å². The van der Waals surface area contributed by atoms with Crippen molar-refractivity contribution < 1.29 is 9.47 Å². The Bertz CT molecular complexity index is 462. The molecule has 0 amide bonds. The first kappa shape index (κ1) is 14.2. The van der Waals surface area contributed by atoms with Gasteiger partial charge in [-0.15, -0.1) is 0 Å². The summed E-state index contributed by atoms with van der Waals surface area (Å²) in [6.45, 7) is 3.63. The van der Waals surface area contributed by atoms with E-state index >= 15 is 0 Å². The molecule has 4 heteroatoms. The zero-order chi connectivity index (χ0) is 13.9. The van der Waals surface area contributed by atoms with Gasteiger partial charge in [-0.05, 0) is 56.4 Å². The summed E-state index contributed by atoms with van der Waals surface area (Å²) in [4.78, 5) is 0. The summed E-state index contributed by atoms with van der Waals surface area (Å²) in [6.07, 6.45) is 5.45. The zero-order valence-corrected chi connectivity index (χ0v) is 12.7. The smallest absolute Gasteiger partial charge is 0.122 e. The van der Waals surface area contributed by atoms with E-state index in [9.17, 15) is 0 Å². The van der Waals surface area contributed by atoms with E-state index in [1.54, 1.807) is 0 Å². The van der Waals surface area contributed by atoms with Crippen LogP contribution in [-0.2, 0) is 4.74 Å². The number of hydrogen-bond donors (Lipinski definition) is 1. The van der Waals surface area contributed by atoms with E-state index in [0.717, 1.165) is 41.8 Å². The van der Waals surface area contributed by atoms with Crippen LogP contribution in [0.5, 0.6) is 5.75 Å². The number of hydrogen-bond acceptors (Lipinski definition) is 3. The lowest BCUT2D eigenvalue weighted by atomic mass is 10.2. The van der Waals surface area contributed by atoms with Gasteiger partial charge >= 0.3 is 0 Å². The van der Waals surface area contributed by atoms with Crippen LogP contribution in [0.2, 0.25) is 5.02 Å². The number of aryl methyl sites for hydroxylation is 1. The van der Waals surface area contributed by atoms with Gasteiger partial charge in [0.05, 0.1) is 12.2 Å². The van der Waals surface area contributed by atoms with Crippen LogP contribution in [0.3, 0.4) is 0 Å². The van der Waals surface area contributed by atoms with Crippen molar-refractivity contribution in [3.05, 3.63) is 28.8 Å². The Kier molecular flexibility index (Phi) is 4.49. The van der Waals surface area contributed by atoms with Gasteiger partial charge in [-0.25, -0.2) is 0 Å². The van der Waals surface area contributed by atoms with Gasteiger partial charge in [0.1, 0.15) is 12.4 Å². The summed E-state index contributed by atoms with van der Waals surface area (Å²) >= 11 is 5.94. The van der Waals surface area contributed by atoms with Crippen LogP contribution < -0.4 is 10.1 Å². The maximum atomic E-state index is 6.01. The maximum absolute atomic E-state index is 6.01. The first-order valence-corrected chi connectivity index (χ1v) is 7.86. The first-order valence-electron chi connectivity index (χ1n) is 7.48. The van der Waals surface area contributed by atoms with Crippen LogP contribution in [0.25, 0.3) is 0 Å². The number of benzene rings is 1. The molecule has 1 saturated heterocycles. The van der Waals surface area contributed by atoms with Crippen LogP contribution >= 0.6 is 11.6 Å². The zero-order valence-electron chi connectivity index (χ0n) is 11.9. The Balaban J connectivity index is 1.42. The molecule has 0 radical (unpaired) electrons. The van der Waals surface area contributed by atoms with E-state index in [1.165, 1.54) is 12.8 Å². The van der Waals surface area contributed by atoms with Crippen LogP contribution in [0.1, 0.15) is 31.2 Å². The fourth-order valence-electron chi connectivity index (χ4n) is 2.60. The largest absolute Gasteiger partial charge is 0.491 e. The van der Waals surface area contributed by atoms with E-state index in [-0.39, 0.29) is 6.10 Å². The average molecular weight is 296 g/mol. The molecule has 1 aliphatic heterocycles. The monoisotopic (exact) mass is 295 g/mol. The third-order valence-electron chi connectivity index (χ3n) is 3.97. The van der Waals surface area contributed by atoms with Gasteiger partial charge < -0.3 is 14.8 Å². The van der Waals surface area contributed by atoms with E-state index in [4.69, 9.17) is 21.1 Å². The molecule has 1 aliphatic carbocycles. The molecule has 0 spiro atoms. The Morgan fingerprint density at radius 3 is 2.80 bits per heavy atom. The van der Waals surface area contributed by atoms with Crippen molar-refractivity contribution >= 4 is 11.6 Å². The average Bonchev–Trinajstić information content (AvgIpc) is 3.14. The van der Waals surface area contributed by atoms with Crippen molar-refractivity contribution in [3.8, 4) is 5.75 Å². The highest BCUT2D eigenvalue weighted by Crippen LogP contribution is 2.25. The quantitative estimate of drug-likeness (QED) is 0.873. The molecule has 0 bridgehead atoms. The maximum Gasteiger partial charge on any atom is 0.122 e. The van der Waals surface area contributed by atoms with E-state index in [2.05, 4.69) is 5.32 Å². The number of halogens is 1. The molecule has 0 aromatic heterocycles. The Labute approximate surface area is 125 Å². The molecule has 2 aliphatic rings. The molecule has 3 nitrogen and oxygen atoms in total. The number of rotatable bonds is 6. The lowest BCUT2D eigenvalue weighted by molar-refractivity contribution is 0.0183. The molecule has 2 fully saturated rings. The molecule has 1 saturated carbocycles. The van der Waals surface area contributed by atoms with Crippen LogP contribution in [0.15, 0.2) is 18.2 Å². The third kappa shape index (κ3) is 3.87. The Morgan fingerprint density at radius 1 is 1.25 bits per heavy atom. The lowest BCUT2D eigenvalue weighted by Gasteiger charge is -2.16. The molecule has 3 rings (SSSR count). The molecule has 1 N–H and O–H groups in total. The summed E-state index contributed by atoms with van der Waals surface area (Å²) in [5.74, 6) is 0.901. The predicted octanol–water partition coefficient (Wildman–Crippen LogP) is 3.33. The molecule has 1 aromatic rings. The minimum Gasteiger partial charge on any atom is -0.491 e. The Hall–Kier alpha value is -0.770. The predicted molar refractivity (Wildman–Crippen MR) is 80.6 cm³/mol. The lowest BCUT2D eigenvalue weighted by Crippen LogP contribution is -2.29. The summed E-state index contributed by atoms with van der Waals surface area (Å²) < 4.78 is 11.9. The van der Waals surface area contributed by atoms with Crippen molar-refractivity contribution in [2.24, 2.45) is 0 Å². The van der Waals surface area contributed by atoms with Crippen molar-refractivity contribution in [2.45, 2.75) is 50.9 Å². The highest BCUT2D eigenvalue weighted by molar-refractivity contribution is 6.30. The second-order valence-corrected chi connectivity index (χ2v) is 6.30. The highest BCUT2D eigenvalue weighted by Gasteiger charge is 2.28. The van der Waals surface area contributed by atoms with Crippen LogP contribution in [0, 0.1) is 6.92 Å². The van der Waals surface area contributed by atoms with Gasteiger partial charge in [0.25, 0.3) is 0 Å². The standard InChI is InChI=1S/C16H22ClNO2/c1-11-8-12(17)2-7-16(11)19-10-15-6-5-14(20-15)9-18-13-3-4-13/h2,7-8,13-15,18H,3-6,9-10H2,1H3.